The molecule has 0 fully saturated rings. The number of ketones is 1. The highest BCUT2D eigenvalue weighted by Gasteiger charge is 2.25. The van der Waals surface area contributed by atoms with Crippen LogP contribution in [0.1, 0.15) is 45.7 Å². The summed E-state index contributed by atoms with van der Waals surface area (Å²) in [6, 6.07) is 22.4. The molecular formula is C26H24N2O5. The van der Waals surface area contributed by atoms with Gasteiger partial charge in [-0.2, -0.15) is 0 Å². The van der Waals surface area contributed by atoms with Crippen LogP contribution in [0.2, 0.25) is 0 Å². The topological polar surface area (TPSA) is 102 Å². The van der Waals surface area contributed by atoms with Gasteiger partial charge in [-0.05, 0) is 42.0 Å². The van der Waals surface area contributed by atoms with E-state index in [0.29, 0.717) is 28.8 Å². The third-order valence-electron chi connectivity index (χ3n) is 4.84. The molecule has 0 radical (unpaired) electrons. The van der Waals surface area contributed by atoms with Crippen molar-refractivity contribution in [2.75, 3.05) is 11.9 Å². The third kappa shape index (κ3) is 6.61. The zero-order chi connectivity index (χ0) is 23.6. The highest BCUT2D eigenvalue weighted by molar-refractivity contribution is 6.00. The molecule has 3 rings (SSSR count). The summed E-state index contributed by atoms with van der Waals surface area (Å²) >= 11 is 0. The third-order valence-corrected chi connectivity index (χ3v) is 4.84. The molecule has 0 bridgehead atoms. The van der Waals surface area contributed by atoms with Crippen LogP contribution in [0.15, 0.2) is 84.9 Å². The summed E-state index contributed by atoms with van der Waals surface area (Å²) in [4.78, 5) is 49.4. The molecule has 3 aromatic rings. The molecule has 0 aromatic heterocycles. The normalized spacial score (nSPS) is 11.2. The van der Waals surface area contributed by atoms with Crippen molar-refractivity contribution in [3.63, 3.8) is 0 Å². The second-order valence-electron chi connectivity index (χ2n) is 7.19. The zero-order valence-electron chi connectivity index (χ0n) is 18.1. The van der Waals surface area contributed by atoms with Crippen molar-refractivity contribution >= 4 is 29.3 Å². The van der Waals surface area contributed by atoms with Crippen molar-refractivity contribution in [2.24, 2.45) is 0 Å². The van der Waals surface area contributed by atoms with Crippen molar-refractivity contribution < 1.29 is 23.9 Å². The number of hydrogen-bond acceptors (Lipinski definition) is 5. The second-order valence-corrected chi connectivity index (χ2v) is 7.19. The molecule has 3 aromatic carbocycles. The SMILES string of the molecule is CCC(=O)Nc1ccc(C(=O)COC(=O)C(NC(=O)c2ccccc2)c2ccccc2)cc1. The van der Waals surface area contributed by atoms with Crippen molar-refractivity contribution in [3.8, 4) is 0 Å². The first kappa shape index (κ1) is 23.4. The zero-order valence-corrected chi connectivity index (χ0v) is 18.1. The number of esters is 1. The van der Waals surface area contributed by atoms with E-state index >= 15 is 0 Å². The fourth-order valence-electron chi connectivity index (χ4n) is 3.02. The fourth-order valence-corrected chi connectivity index (χ4v) is 3.02. The van der Waals surface area contributed by atoms with Gasteiger partial charge in [-0.25, -0.2) is 4.79 Å². The first-order valence-corrected chi connectivity index (χ1v) is 10.5. The van der Waals surface area contributed by atoms with Gasteiger partial charge < -0.3 is 15.4 Å². The van der Waals surface area contributed by atoms with Gasteiger partial charge in [0.05, 0.1) is 0 Å². The van der Waals surface area contributed by atoms with Crippen molar-refractivity contribution in [3.05, 3.63) is 102 Å². The predicted molar refractivity (Wildman–Crippen MR) is 124 cm³/mol. The maximum atomic E-state index is 12.8. The lowest BCUT2D eigenvalue weighted by Gasteiger charge is -2.18. The van der Waals surface area contributed by atoms with E-state index in [4.69, 9.17) is 4.74 Å². The van der Waals surface area contributed by atoms with Crippen LogP contribution in [0, 0.1) is 0 Å². The minimum absolute atomic E-state index is 0.132. The molecule has 168 valence electrons. The quantitative estimate of drug-likeness (QED) is 0.385. The Morgan fingerprint density at radius 2 is 1.39 bits per heavy atom. The number of carbonyl (C=O) groups excluding carboxylic acids is 4. The molecule has 7 heteroatoms. The van der Waals surface area contributed by atoms with Crippen LogP contribution in [0.25, 0.3) is 0 Å². The van der Waals surface area contributed by atoms with E-state index < -0.39 is 30.3 Å². The maximum Gasteiger partial charge on any atom is 0.333 e. The number of Topliss-reactive ketones (excluding diaryl/α,β-unsaturated/α-hetero) is 1. The smallest absolute Gasteiger partial charge is 0.333 e. The van der Waals surface area contributed by atoms with Gasteiger partial charge in [-0.15, -0.1) is 0 Å². The molecule has 2 amide bonds. The molecule has 1 unspecified atom stereocenters. The number of hydrogen-bond donors (Lipinski definition) is 2. The number of anilines is 1. The van der Waals surface area contributed by atoms with Crippen molar-refractivity contribution in [1.82, 2.24) is 5.32 Å². The van der Waals surface area contributed by atoms with Crippen LogP contribution in [-0.2, 0) is 14.3 Å². The molecule has 0 aliphatic carbocycles. The van der Waals surface area contributed by atoms with Crippen molar-refractivity contribution in [1.29, 1.82) is 0 Å². The molecular weight excluding hydrogens is 420 g/mol. The van der Waals surface area contributed by atoms with E-state index in [1.54, 1.807) is 91.9 Å². The van der Waals surface area contributed by atoms with Gasteiger partial charge >= 0.3 is 5.97 Å². The van der Waals surface area contributed by atoms with E-state index in [-0.39, 0.29) is 5.91 Å². The number of nitrogens with one attached hydrogen (secondary N) is 2. The summed E-state index contributed by atoms with van der Waals surface area (Å²) in [5, 5.41) is 5.38. The lowest BCUT2D eigenvalue weighted by Crippen LogP contribution is -2.35. The average Bonchev–Trinajstić information content (AvgIpc) is 2.86. The highest BCUT2D eigenvalue weighted by Crippen LogP contribution is 2.17. The Labute approximate surface area is 191 Å². The van der Waals surface area contributed by atoms with E-state index in [9.17, 15) is 19.2 Å². The Morgan fingerprint density at radius 3 is 2.00 bits per heavy atom. The van der Waals surface area contributed by atoms with E-state index in [2.05, 4.69) is 10.6 Å². The van der Waals surface area contributed by atoms with Gasteiger partial charge in [-0.3, -0.25) is 14.4 Å². The molecule has 1 atom stereocenters. The number of ether oxygens (including phenoxy) is 1. The van der Waals surface area contributed by atoms with Gasteiger partial charge in [0.15, 0.2) is 18.4 Å². The highest BCUT2D eigenvalue weighted by atomic mass is 16.5. The Kier molecular flexibility index (Phi) is 8.07. The molecule has 0 aliphatic heterocycles. The lowest BCUT2D eigenvalue weighted by molar-refractivity contribution is -0.145. The molecule has 2 N–H and O–H groups in total. The number of amides is 2. The Hall–Kier alpha value is -4.26. The Balaban J connectivity index is 1.66. The van der Waals surface area contributed by atoms with Gasteiger partial charge in [0.25, 0.3) is 5.91 Å². The summed E-state index contributed by atoms with van der Waals surface area (Å²) in [5.74, 6) is -1.71. The van der Waals surface area contributed by atoms with E-state index in [1.807, 2.05) is 0 Å². The molecule has 0 spiro atoms. The minimum Gasteiger partial charge on any atom is -0.455 e. The Bertz CT molecular complexity index is 1110. The molecule has 0 heterocycles. The molecule has 0 saturated heterocycles. The van der Waals surface area contributed by atoms with Crippen LogP contribution >= 0.6 is 0 Å². The molecule has 0 saturated carbocycles. The summed E-state index contributed by atoms with van der Waals surface area (Å²) < 4.78 is 5.25. The summed E-state index contributed by atoms with van der Waals surface area (Å²) in [6.45, 7) is 1.26. The van der Waals surface area contributed by atoms with Gasteiger partial charge in [-0.1, -0.05) is 55.5 Å². The molecule has 0 aliphatic rings. The van der Waals surface area contributed by atoms with E-state index in [0.717, 1.165) is 0 Å². The number of benzene rings is 3. The van der Waals surface area contributed by atoms with E-state index in [1.165, 1.54) is 0 Å². The molecule has 7 nitrogen and oxygen atoms in total. The predicted octanol–water partition coefficient (Wildman–Crippen LogP) is 3.93. The van der Waals surface area contributed by atoms with Crippen LogP contribution in [0.4, 0.5) is 5.69 Å². The van der Waals surface area contributed by atoms with Gasteiger partial charge in [0, 0.05) is 23.2 Å². The largest absolute Gasteiger partial charge is 0.455 e. The average molecular weight is 444 g/mol. The second kappa shape index (κ2) is 11.4. The molecule has 33 heavy (non-hydrogen) atoms. The minimum atomic E-state index is -1.07. The van der Waals surface area contributed by atoms with Crippen LogP contribution < -0.4 is 10.6 Å². The Morgan fingerprint density at radius 1 is 0.788 bits per heavy atom. The number of carbonyl (C=O) groups is 4. The monoisotopic (exact) mass is 444 g/mol. The summed E-state index contributed by atoms with van der Waals surface area (Å²) in [6.07, 6.45) is 0.347. The summed E-state index contributed by atoms with van der Waals surface area (Å²) in [7, 11) is 0. The number of rotatable bonds is 9. The maximum absolute atomic E-state index is 12.8. The van der Waals surface area contributed by atoms with Gasteiger partial charge in [0.2, 0.25) is 5.91 Å². The van der Waals surface area contributed by atoms with Crippen LogP contribution in [0.3, 0.4) is 0 Å². The van der Waals surface area contributed by atoms with Crippen LogP contribution in [-0.4, -0.2) is 30.2 Å². The van der Waals surface area contributed by atoms with Crippen LogP contribution in [0.5, 0.6) is 0 Å². The van der Waals surface area contributed by atoms with Gasteiger partial charge in [0.1, 0.15) is 0 Å². The first-order valence-electron chi connectivity index (χ1n) is 10.5. The fraction of sp³-hybridized carbons (Fsp3) is 0.154. The van der Waals surface area contributed by atoms with Crippen molar-refractivity contribution in [2.45, 2.75) is 19.4 Å². The summed E-state index contributed by atoms with van der Waals surface area (Å²) in [5.41, 5.74) is 1.85. The first-order chi connectivity index (χ1) is 16.0. The lowest BCUT2D eigenvalue weighted by atomic mass is 10.1. The standard InChI is InChI=1S/C26H24N2O5/c1-2-23(30)27-21-15-13-18(14-16-21)22(29)17-33-26(32)24(19-9-5-3-6-10-19)28-25(31)20-11-7-4-8-12-20/h3-16,24H,2,17H2,1H3,(H,27,30)(H,28,31).